The lowest BCUT2D eigenvalue weighted by molar-refractivity contribution is -0.136. The Balaban J connectivity index is 2.20. The van der Waals surface area contributed by atoms with Crippen molar-refractivity contribution in [3.05, 3.63) is 28.7 Å². The summed E-state index contributed by atoms with van der Waals surface area (Å²) in [4.78, 5) is 23.4. The second kappa shape index (κ2) is 10.4. The second-order valence-corrected chi connectivity index (χ2v) is 5.81. The molecule has 0 aliphatic rings. The Morgan fingerprint density at radius 3 is 2.38 bits per heavy atom. The van der Waals surface area contributed by atoms with Gasteiger partial charge < -0.3 is 10.6 Å². The standard InChI is InChI=1S/C16H23BrN2O2/c1-2-3-4-5-6-9-12-18-15(20)16(21)19-14-11-8-7-10-13(14)17/h7-8,10-11H,2-6,9,12H2,1H3,(H,18,20)(H,19,21). The van der Waals surface area contributed by atoms with E-state index in [-0.39, 0.29) is 0 Å². The van der Waals surface area contributed by atoms with Crippen LogP contribution in [0.5, 0.6) is 0 Å². The van der Waals surface area contributed by atoms with E-state index in [9.17, 15) is 9.59 Å². The first kappa shape index (κ1) is 17.7. The van der Waals surface area contributed by atoms with E-state index in [0.29, 0.717) is 12.2 Å². The molecule has 2 N–H and O–H groups in total. The predicted molar refractivity (Wildman–Crippen MR) is 89.2 cm³/mol. The zero-order valence-electron chi connectivity index (χ0n) is 12.5. The highest BCUT2D eigenvalue weighted by molar-refractivity contribution is 9.10. The number of halogens is 1. The van der Waals surface area contributed by atoms with Crippen molar-refractivity contribution < 1.29 is 9.59 Å². The van der Waals surface area contributed by atoms with Gasteiger partial charge in [0.2, 0.25) is 0 Å². The van der Waals surface area contributed by atoms with Gasteiger partial charge in [-0.05, 0) is 34.5 Å². The van der Waals surface area contributed by atoms with Crippen molar-refractivity contribution in [2.75, 3.05) is 11.9 Å². The van der Waals surface area contributed by atoms with E-state index >= 15 is 0 Å². The number of nitrogens with one attached hydrogen (secondary N) is 2. The molecule has 0 bridgehead atoms. The molecule has 1 aromatic carbocycles. The quantitative estimate of drug-likeness (QED) is 0.549. The Morgan fingerprint density at radius 1 is 1.00 bits per heavy atom. The molecule has 0 saturated carbocycles. The minimum Gasteiger partial charge on any atom is -0.348 e. The van der Waals surface area contributed by atoms with E-state index < -0.39 is 11.8 Å². The number of amides is 2. The average Bonchev–Trinajstić information content (AvgIpc) is 2.48. The van der Waals surface area contributed by atoms with Crippen molar-refractivity contribution in [3.63, 3.8) is 0 Å². The molecule has 1 aromatic rings. The van der Waals surface area contributed by atoms with Crippen LogP contribution < -0.4 is 10.6 Å². The number of hydrogen-bond donors (Lipinski definition) is 2. The molecule has 0 atom stereocenters. The number of unbranched alkanes of at least 4 members (excludes halogenated alkanes) is 5. The first-order valence-electron chi connectivity index (χ1n) is 7.49. The number of carbonyl (C=O) groups excluding carboxylic acids is 2. The van der Waals surface area contributed by atoms with Gasteiger partial charge in [-0.1, -0.05) is 51.2 Å². The summed E-state index contributed by atoms with van der Waals surface area (Å²) in [6, 6.07) is 7.19. The van der Waals surface area contributed by atoms with Crippen molar-refractivity contribution in [3.8, 4) is 0 Å². The SMILES string of the molecule is CCCCCCCCNC(=O)C(=O)Nc1ccccc1Br. The molecule has 5 heteroatoms. The summed E-state index contributed by atoms with van der Waals surface area (Å²) in [6.45, 7) is 2.73. The molecule has 1 rings (SSSR count). The monoisotopic (exact) mass is 354 g/mol. The lowest BCUT2D eigenvalue weighted by Gasteiger charge is -2.07. The second-order valence-electron chi connectivity index (χ2n) is 4.96. The molecule has 0 fully saturated rings. The largest absolute Gasteiger partial charge is 0.348 e. The molecule has 116 valence electrons. The third-order valence-electron chi connectivity index (χ3n) is 3.14. The van der Waals surface area contributed by atoms with Crippen LogP contribution in [-0.4, -0.2) is 18.4 Å². The number of para-hydroxylation sites is 1. The Bertz CT molecular complexity index is 463. The highest BCUT2D eigenvalue weighted by atomic mass is 79.9. The Labute approximate surface area is 134 Å². The van der Waals surface area contributed by atoms with Gasteiger partial charge in [0.25, 0.3) is 0 Å². The van der Waals surface area contributed by atoms with Crippen molar-refractivity contribution >= 4 is 33.4 Å². The fourth-order valence-corrected chi connectivity index (χ4v) is 2.31. The van der Waals surface area contributed by atoms with E-state index in [1.165, 1.54) is 25.7 Å². The lowest BCUT2D eigenvalue weighted by Crippen LogP contribution is -2.35. The van der Waals surface area contributed by atoms with Gasteiger partial charge in [-0.25, -0.2) is 0 Å². The molecular formula is C16H23BrN2O2. The Kier molecular flexibility index (Phi) is 8.74. The van der Waals surface area contributed by atoms with Gasteiger partial charge >= 0.3 is 11.8 Å². The van der Waals surface area contributed by atoms with Gasteiger partial charge in [0.1, 0.15) is 0 Å². The highest BCUT2D eigenvalue weighted by Crippen LogP contribution is 2.20. The molecule has 0 unspecified atom stereocenters. The van der Waals surface area contributed by atoms with Gasteiger partial charge in [-0.2, -0.15) is 0 Å². The third-order valence-corrected chi connectivity index (χ3v) is 3.84. The van der Waals surface area contributed by atoms with Crippen LogP contribution in [0.1, 0.15) is 45.4 Å². The molecule has 0 radical (unpaired) electrons. The molecule has 2 amide bonds. The molecule has 0 aliphatic carbocycles. The van der Waals surface area contributed by atoms with Crippen LogP contribution in [0.15, 0.2) is 28.7 Å². The normalized spacial score (nSPS) is 10.2. The molecule has 0 spiro atoms. The summed E-state index contributed by atoms with van der Waals surface area (Å²) in [6.07, 6.45) is 6.93. The molecular weight excluding hydrogens is 332 g/mol. The van der Waals surface area contributed by atoms with Gasteiger partial charge in [-0.3, -0.25) is 9.59 Å². The summed E-state index contributed by atoms with van der Waals surface area (Å²) < 4.78 is 0.752. The molecule has 0 aliphatic heterocycles. The van der Waals surface area contributed by atoms with Gasteiger partial charge in [-0.15, -0.1) is 0 Å². The molecule has 0 saturated heterocycles. The summed E-state index contributed by atoms with van der Waals surface area (Å²) >= 11 is 3.32. The Morgan fingerprint density at radius 2 is 1.67 bits per heavy atom. The number of hydrogen-bond acceptors (Lipinski definition) is 2. The molecule has 0 heterocycles. The summed E-state index contributed by atoms with van der Waals surface area (Å²) in [7, 11) is 0. The number of benzene rings is 1. The maximum atomic E-state index is 11.7. The average molecular weight is 355 g/mol. The van der Waals surface area contributed by atoms with Crippen molar-refractivity contribution in [2.45, 2.75) is 45.4 Å². The van der Waals surface area contributed by atoms with E-state index in [1.807, 2.05) is 12.1 Å². The first-order chi connectivity index (χ1) is 10.1. The minimum atomic E-state index is -0.632. The molecule has 21 heavy (non-hydrogen) atoms. The predicted octanol–water partition coefficient (Wildman–Crippen LogP) is 3.86. The number of anilines is 1. The number of rotatable bonds is 8. The Hall–Kier alpha value is -1.36. The van der Waals surface area contributed by atoms with Gasteiger partial charge in [0, 0.05) is 11.0 Å². The van der Waals surface area contributed by atoms with Crippen LogP contribution in [0.25, 0.3) is 0 Å². The fraction of sp³-hybridized carbons (Fsp3) is 0.500. The zero-order chi connectivity index (χ0) is 15.5. The topological polar surface area (TPSA) is 58.2 Å². The van der Waals surface area contributed by atoms with Crippen molar-refractivity contribution in [2.24, 2.45) is 0 Å². The maximum Gasteiger partial charge on any atom is 0.313 e. The van der Waals surface area contributed by atoms with Gasteiger partial charge in [0.05, 0.1) is 5.69 Å². The van der Waals surface area contributed by atoms with Crippen LogP contribution >= 0.6 is 15.9 Å². The van der Waals surface area contributed by atoms with E-state index in [1.54, 1.807) is 12.1 Å². The van der Waals surface area contributed by atoms with Crippen LogP contribution in [0.4, 0.5) is 5.69 Å². The summed E-state index contributed by atoms with van der Waals surface area (Å²) in [5.74, 6) is -1.22. The van der Waals surface area contributed by atoms with Crippen LogP contribution in [0.2, 0.25) is 0 Å². The summed E-state index contributed by atoms with van der Waals surface area (Å²) in [5.41, 5.74) is 0.595. The van der Waals surface area contributed by atoms with Crippen LogP contribution in [0.3, 0.4) is 0 Å². The van der Waals surface area contributed by atoms with E-state index in [0.717, 1.165) is 17.3 Å². The van der Waals surface area contributed by atoms with Gasteiger partial charge in [0.15, 0.2) is 0 Å². The lowest BCUT2D eigenvalue weighted by atomic mass is 10.1. The minimum absolute atomic E-state index is 0.550. The summed E-state index contributed by atoms with van der Waals surface area (Å²) in [5, 5.41) is 5.23. The maximum absolute atomic E-state index is 11.7. The highest BCUT2D eigenvalue weighted by Gasteiger charge is 2.13. The van der Waals surface area contributed by atoms with E-state index in [4.69, 9.17) is 0 Å². The van der Waals surface area contributed by atoms with Crippen LogP contribution in [0, 0.1) is 0 Å². The first-order valence-corrected chi connectivity index (χ1v) is 8.28. The zero-order valence-corrected chi connectivity index (χ0v) is 14.0. The van der Waals surface area contributed by atoms with E-state index in [2.05, 4.69) is 33.5 Å². The van der Waals surface area contributed by atoms with Crippen molar-refractivity contribution in [1.29, 1.82) is 0 Å². The molecule has 0 aromatic heterocycles. The smallest absolute Gasteiger partial charge is 0.313 e. The molecule has 4 nitrogen and oxygen atoms in total. The fourth-order valence-electron chi connectivity index (χ4n) is 1.93. The number of carbonyl (C=O) groups is 2. The van der Waals surface area contributed by atoms with Crippen LogP contribution in [-0.2, 0) is 9.59 Å². The van der Waals surface area contributed by atoms with Crippen molar-refractivity contribution in [1.82, 2.24) is 5.32 Å². The third kappa shape index (κ3) is 7.27.